The Morgan fingerprint density at radius 2 is 0.716 bits per heavy atom. The summed E-state index contributed by atoms with van der Waals surface area (Å²) >= 11 is -4.23. The van der Waals surface area contributed by atoms with E-state index in [1.807, 2.05) is 26.0 Å². The Hall–Kier alpha value is -7.04. The Balaban J connectivity index is 1.16. The van der Waals surface area contributed by atoms with Crippen molar-refractivity contribution in [3.05, 3.63) is 178 Å². The van der Waals surface area contributed by atoms with E-state index in [2.05, 4.69) is 191 Å². The van der Waals surface area contributed by atoms with Crippen molar-refractivity contribution in [2.75, 3.05) is 0 Å². The van der Waals surface area contributed by atoms with Gasteiger partial charge in [-0.25, -0.2) is 0 Å². The number of phenolic OH excluding ortho intramolecular Hbond substituents is 2. The van der Waals surface area contributed by atoms with Gasteiger partial charge in [0.1, 0.15) is 0 Å². The first kappa shape index (κ1) is 57.2. The number of benzene rings is 8. The average Bonchev–Trinajstić information content (AvgIpc) is 3.89. The molecule has 0 fully saturated rings. The fourth-order valence-corrected chi connectivity index (χ4v) is 18.0. The molecule has 9 heteroatoms. The van der Waals surface area contributed by atoms with E-state index in [9.17, 15) is 10.2 Å². The number of aromatic hydroxyl groups is 2. The van der Waals surface area contributed by atoms with Crippen LogP contribution in [0, 0.1) is 50.2 Å². The minimum atomic E-state index is -4.23. The zero-order valence-corrected chi connectivity index (χ0v) is 52.5. The van der Waals surface area contributed by atoms with Crippen LogP contribution in [0.4, 0.5) is 8.78 Å². The van der Waals surface area contributed by atoms with E-state index in [0.717, 1.165) is 89.8 Å². The van der Waals surface area contributed by atoms with Crippen LogP contribution in [0.15, 0.2) is 133 Å². The van der Waals surface area contributed by atoms with Crippen LogP contribution >= 0.6 is 0 Å². The summed E-state index contributed by atoms with van der Waals surface area (Å²) in [5, 5.41) is 31.4. The van der Waals surface area contributed by atoms with E-state index in [1.54, 1.807) is 12.1 Å². The van der Waals surface area contributed by atoms with E-state index in [-0.39, 0.29) is 22.3 Å². The van der Waals surface area contributed by atoms with E-state index in [1.165, 1.54) is 24.3 Å². The molecule has 2 N–H and O–H groups in total. The van der Waals surface area contributed by atoms with Crippen LogP contribution in [-0.2, 0) is 10.8 Å². The minimum absolute atomic E-state index is 0.0115. The molecule has 2 heterocycles. The molecule has 10 aromatic rings. The second-order valence-electron chi connectivity index (χ2n) is 26.9. The SMILES string of the molecule is C[CH2][Ge]([CH2]C)([O]c1ccc(F)cc1-c1cc(C(C)(C)CC(C)(C)C)cc(-n2c3ccc(C)cc3c3cc(C)ccc32)c1O)[O]c1ccc(F)cc1-c1cc(C(C)(C)CC(C)(C)C)cc(-n2c3ccc(C)cc3c3cc(C)ccc32)c1O. The molecule has 0 spiro atoms. The first-order valence-corrected chi connectivity index (χ1v) is 33.4. The van der Waals surface area contributed by atoms with E-state index < -0.39 is 36.4 Å². The number of nitrogens with zero attached hydrogens (tertiary/aromatic N) is 2. The summed E-state index contributed by atoms with van der Waals surface area (Å²) in [5.74, 6) is -0.246. The number of hydrogen-bond donors (Lipinski definition) is 2. The van der Waals surface area contributed by atoms with Crippen molar-refractivity contribution in [1.29, 1.82) is 0 Å². The summed E-state index contributed by atoms with van der Waals surface area (Å²) in [6, 6.07) is 42.9. The molecule has 0 radical (unpaired) electrons. The Morgan fingerprint density at radius 1 is 0.407 bits per heavy atom. The predicted molar refractivity (Wildman–Crippen MR) is 337 cm³/mol. The van der Waals surface area contributed by atoms with Crippen molar-refractivity contribution in [3.63, 3.8) is 0 Å². The average molecular weight is 1150 g/mol. The maximum absolute atomic E-state index is 16.2. The zero-order chi connectivity index (χ0) is 58.5. The fourth-order valence-electron chi connectivity index (χ4n) is 13.2. The number of halogens is 2. The van der Waals surface area contributed by atoms with Crippen molar-refractivity contribution in [2.45, 2.75) is 145 Å². The molecule has 0 unspecified atom stereocenters. The van der Waals surface area contributed by atoms with Crippen LogP contribution in [0.2, 0.25) is 10.5 Å². The summed E-state index contributed by atoms with van der Waals surface area (Å²) in [6.07, 6.45) is 1.65. The zero-order valence-electron chi connectivity index (χ0n) is 50.4. The number of fused-ring (bicyclic) bond motifs is 6. The van der Waals surface area contributed by atoms with E-state index in [4.69, 9.17) is 7.53 Å². The quantitative estimate of drug-likeness (QED) is 0.106. The summed E-state index contributed by atoms with van der Waals surface area (Å²) in [6.45, 7) is 34.8. The molecule has 0 aliphatic rings. The Bertz CT molecular complexity index is 3730. The van der Waals surface area contributed by atoms with Gasteiger partial charge in [0.15, 0.2) is 0 Å². The number of aryl methyl sites for hydroxylation is 4. The van der Waals surface area contributed by atoms with Gasteiger partial charge in [0.2, 0.25) is 0 Å². The van der Waals surface area contributed by atoms with Gasteiger partial charge in [-0.15, -0.1) is 0 Å². The third kappa shape index (κ3) is 11.0. The molecule has 0 saturated carbocycles. The second kappa shape index (κ2) is 20.7. The van der Waals surface area contributed by atoms with Gasteiger partial charge in [-0.3, -0.25) is 0 Å². The Morgan fingerprint density at radius 3 is 1.00 bits per heavy atom. The molecule has 0 saturated heterocycles. The van der Waals surface area contributed by atoms with Crippen molar-refractivity contribution in [1.82, 2.24) is 9.13 Å². The summed E-state index contributed by atoms with van der Waals surface area (Å²) in [4.78, 5) is 0. The van der Waals surface area contributed by atoms with Gasteiger partial charge in [0.25, 0.3) is 0 Å². The first-order valence-electron chi connectivity index (χ1n) is 28.8. The molecule has 8 aromatic carbocycles. The summed E-state index contributed by atoms with van der Waals surface area (Å²) in [7, 11) is 0. The van der Waals surface area contributed by atoms with Gasteiger partial charge in [-0.05, 0) is 0 Å². The van der Waals surface area contributed by atoms with Gasteiger partial charge >= 0.3 is 484 Å². The second-order valence-corrected chi connectivity index (χ2v) is 34.5. The molecule has 0 atom stereocenters. The van der Waals surface area contributed by atoms with Crippen LogP contribution in [0.25, 0.3) is 77.2 Å². The predicted octanol–water partition coefficient (Wildman–Crippen LogP) is 20.5. The standard InChI is InChI=1S/C72H80F2GeN2O4/c1-17-75(18-2,80-65-29-23-49(73)39-55(65)57-35-47(71(13,14)41-69(7,8)9)37-63(67(57)78)76-59-25-19-43(3)31-51(59)52-32-44(4)20-26-60(52)76)81-66-30-24-50(74)40-56(66)58-36-48(72(15,16)42-70(10,11)12)38-64(68(58)79)77-61-27-21-45(5)33-53(61)54-34-46(6)22-28-62(54)77/h19-40,78-79H,17-18,41-42H2,1-16H3. The molecule has 81 heavy (non-hydrogen) atoms. The molecule has 6 nitrogen and oxygen atoms in total. The topological polar surface area (TPSA) is 68.8 Å². The van der Waals surface area contributed by atoms with Crippen molar-refractivity contribution < 1.29 is 26.5 Å². The van der Waals surface area contributed by atoms with Crippen LogP contribution in [0.1, 0.15) is 129 Å². The van der Waals surface area contributed by atoms with Crippen molar-refractivity contribution in [2.24, 2.45) is 10.8 Å². The number of phenols is 2. The van der Waals surface area contributed by atoms with Gasteiger partial charge in [0, 0.05) is 0 Å². The van der Waals surface area contributed by atoms with E-state index >= 15 is 8.78 Å². The van der Waals surface area contributed by atoms with Crippen LogP contribution in [0.5, 0.6) is 23.0 Å². The summed E-state index contributed by atoms with van der Waals surface area (Å²) < 4.78 is 51.4. The van der Waals surface area contributed by atoms with Gasteiger partial charge < -0.3 is 0 Å². The molecule has 420 valence electrons. The molecule has 10 rings (SSSR count). The summed E-state index contributed by atoms with van der Waals surface area (Å²) in [5.41, 5.74) is 12.2. The van der Waals surface area contributed by atoms with Gasteiger partial charge in [-0.1, -0.05) is 0 Å². The monoisotopic (exact) mass is 1150 g/mol. The number of rotatable bonds is 14. The number of hydrogen-bond acceptors (Lipinski definition) is 4. The van der Waals surface area contributed by atoms with Crippen LogP contribution < -0.4 is 7.53 Å². The Labute approximate surface area is 481 Å². The molecular formula is C72H80F2GeN2O4. The molecular weight excluding hydrogens is 1070 g/mol. The van der Waals surface area contributed by atoms with Crippen LogP contribution in [0.3, 0.4) is 0 Å². The molecule has 0 bridgehead atoms. The maximum atomic E-state index is 16.2. The first-order chi connectivity index (χ1) is 38.0. The fraction of sp³-hybridized carbons (Fsp3) is 0.333. The molecule has 0 aliphatic carbocycles. The van der Waals surface area contributed by atoms with Crippen molar-refractivity contribution in [3.8, 4) is 56.6 Å². The molecule has 0 amide bonds. The van der Waals surface area contributed by atoms with Crippen molar-refractivity contribution >= 4 is 57.6 Å². The molecule has 2 aromatic heterocycles. The normalized spacial score (nSPS) is 12.9. The third-order valence-electron chi connectivity index (χ3n) is 16.5. The Kier molecular flexibility index (Phi) is 14.7. The van der Waals surface area contributed by atoms with Gasteiger partial charge in [-0.2, -0.15) is 0 Å². The third-order valence-corrected chi connectivity index (χ3v) is 23.5. The number of aromatic nitrogens is 2. The van der Waals surface area contributed by atoms with E-state index in [0.29, 0.717) is 55.6 Å². The van der Waals surface area contributed by atoms with Crippen LogP contribution in [-0.4, -0.2) is 33.3 Å². The molecule has 0 aliphatic heterocycles. The van der Waals surface area contributed by atoms with Gasteiger partial charge in [0.05, 0.1) is 0 Å².